The lowest BCUT2D eigenvalue weighted by Crippen LogP contribution is -2.30. The molecule has 1 aromatic rings. The Hall–Kier alpha value is -3.07. The average Bonchev–Trinajstić information content (AvgIpc) is 2.51. The van der Waals surface area contributed by atoms with Crippen LogP contribution in [0.1, 0.15) is 25.0 Å². The minimum atomic E-state index is -1.07. The first-order chi connectivity index (χ1) is 11.4. The van der Waals surface area contributed by atoms with E-state index in [-0.39, 0.29) is 11.6 Å². The van der Waals surface area contributed by atoms with Crippen LogP contribution in [0.2, 0.25) is 0 Å². The molecule has 126 valence electrons. The lowest BCUT2D eigenvalue weighted by molar-refractivity contribution is -0.139. The number of hydrogen-bond acceptors (Lipinski definition) is 4. The van der Waals surface area contributed by atoms with Crippen molar-refractivity contribution in [1.29, 1.82) is 5.26 Å². The summed E-state index contributed by atoms with van der Waals surface area (Å²) < 4.78 is 5.23. The molecule has 0 aliphatic rings. The molecule has 2 N–H and O–H groups in total. The number of allylic oxidation sites excluding steroid dienone is 1. The van der Waals surface area contributed by atoms with Gasteiger partial charge in [0.25, 0.3) is 5.91 Å². The van der Waals surface area contributed by atoms with Gasteiger partial charge >= 0.3 is 5.97 Å². The number of nitriles is 1. The monoisotopic (exact) mass is 328 g/mol. The first-order valence-electron chi connectivity index (χ1n) is 7.38. The smallest absolute Gasteiger partial charge is 0.341 e. The summed E-state index contributed by atoms with van der Waals surface area (Å²) in [4.78, 5) is 22.6. The summed E-state index contributed by atoms with van der Waals surface area (Å²) in [6, 6.07) is 6.82. The molecule has 0 atom stereocenters. The summed E-state index contributed by atoms with van der Waals surface area (Å²) in [5.41, 5.74) is 1.36. The van der Waals surface area contributed by atoms with Crippen LogP contribution in [0.4, 0.5) is 0 Å². The molecule has 0 spiro atoms. The number of nitrogens with zero attached hydrogens (tertiary/aromatic N) is 1. The molecule has 0 bridgehead atoms. The number of carboxylic acids is 1. The van der Waals surface area contributed by atoms with Crippen molar-refractivity contribution in [2.45, 2.75) is 26.3 Å². The number of amides is 1. The van der Waals surface area contributed by atoms with Gasteiger partial charge in [-0.05, 0) is 49.6 Å². The average molecular weight is 328 g/mol. The number of ether oxygens (including phenoxy) is 1. The van der Waals surface area contributed by atoms with Gasteiger partial charge in [-0.1, -0.05) is 12.1 Å². The molecule has 24 heavy (non-hydrogen) atoms. The number of rotatable bonds is 8. The lowest BCUT2D eigenvalue weighted by atomic mass is 10.0. The van der Waals surface area contributed by atoms with Crippen LogP contribution in [0, 0.1) is 11.3 Å². The molecular formula is C18H20N2O4. The van der Waals surface area contributed by atoms with E-state index in [4.69, 9.17) is 15.1 Å². The van der Waals surface area contributed by atoms with Crippen molar-refractivity contribution in [3.8, 4) is 11.8 Å². The van der Waals surface area contributed by atoms with Gasteiger partial charge < -0.3 is 15.2 Å². The Bertz CT molecular complexity index is 699. The number of aliphatic carboxylic acids is 1. The Kier molecular flexibility index (Phi) is 7.24. The second kappa shape index (κ2) is 9.16. The first-order valence-corrected chi connectivity index (χ1v) is 7.38. The Labute approximate surface area is 141 Å². The zero-order valence-corrected chi connectivity index (χ0v) is 13.7. The van der Waals surface area contributed by atoms with E-state index in [1.165, 1.54) is 6.08 Å². The molecule has 6 heteroatoms. The SMILES string of the molecule is C=CCc1cc(/C=C(/C#N)C(=O)NC(C)C)ccc1OCC(=O)O. The van der Waals surface area contributed by atoms with Gasteiger partial charge in [0.15, 0.2) is 6.61 Å². The molecule has 0 aromatic heterocycles. The molecule has 1 rings (SSSR count). The lowest BCUT2D eigenvalue weighted by Gasteiger charge is -2.10. The second-order valence-corrected chi connectivity index (χ2v) is 5.34. The maximum atomic E-state index is 11.9. The molecule has 0 aliphatic heterocycles. The molecule has 6 nitrogen and oxygen atoms in total. The summed E-state index contributed by atoms with van der Waals surface area (Å²) in [5.74, 6) is -1.08. The molecule has 0 radical (unpaired) electrons. The summed E-state index contributed by atoms with van der Waals surface area (Å²) in [5, 5.41) is 20.5. The number of carbonyl (C=O) groups excluding carboxylic acids is 1. The molecule has 0 heterocycles. The topological polar surface area (TPSA) is 99.4 Å². The fourth-order valence-corrected chi connectivity index (χ4v) is 1.94. The third-order valence-electron chi connectivity index (χ3n) is 2.90. The van der Waals surface area contributed by atoms with Crippen molar-refractivity contribution in [3.63, 3.8) is 0 Å². The van der Waals surface area contributed by atoms with Crippen molar-refractivity contribution in [3.05, 3.63) is 47.6 Å². The molecule has 1 aromatic carbocycles. The Morgan fingerprint density at radius 2 is 2.17 bits per heavy atom. The normalized spacial score (nSPS) is 10.8. The van der Waals surface area contributed by atoms with Gasteiger partial charge in [0, 0.05) is 6.04 Å². The van der Waals surface area contributed by atoms with Crippen LogP contribution < -0.4 is 10.1 Å². The standard InChI is InChI=1S/C18H20N2O4/c1-4-5-14-8-13(6-7-16(14)24-11-17(21)22)9-15(10-19)18(23)20-12(2)3/h4,6-9,12H,1,5,11H2,2-3H3,(H,20,23)(H,21,22)/b15-9-. The van der Waals surface area contributed by atoms with Gasteiger partial charge in [-0.25, -0.2) is 4.79 Å². The predicted molar refractivity (Wildman–Crippen MR) is 90.3 cm³/mol. The third-order valence-corrected chi connectivity index (χ3v) is 2.90. The fraction of sp³-hybridized carbons (Fsp3) is 0.278. The van der Waals surface area contributed by atoms with Gasteiger partial charge in [-0.15, -0.1) is 6.58 Å². The van der Waals surface area contributed by atoms with E-state index in [1.807, 2.05) is 19.9 Å². The Balaban J connectivity index is 3.11. The summed E-state index contributed by atoms with van der Waals surface area (Å²) in [6.07, 6.45) is 3.61. The van der Waals surface area contributed by atoms with E-state index in [1.54, 1.807) is 24.3 Å². The highest BCUT2D eigenvalue weighted by Gasteiger charge is 2.11. The molecule has 0 saturated carbocycles. The number of benzene rings is 1. The highest BCUT2D eigenvalue weighted by atomic mass is 16.5. The fourth-order valence-electron chi connectivity index (χ4n) is 1.94. The summed E-state index contributed by atoms with van der Waals surface area (Å²) >= 11 is 0. The van der Waals surface area contributed by atoms with Gasteiger partial charge in [-0.2, -0.15) is 5.26 Å². The highest BCUT2D eigenvalue weighted by molar-refractivity contribution is 6.01. The van der Waals surface area contributed by atoms with Crippen molar-refractivity contribution in [1.82, 2.24) is 5.32 Å². The quantitative estimate of drug-likeness (QED) is 0.433. The van der Waals surface area contributed by atoms with E-state index >= 15 is 0 Å². The van der Waals surface area contributed by atoms with Crippen molar-refractivity contribution < 1.29 is 19.4 Å². The van der Waals surface area contributed by atoms with Gasteiger partial charge in [0.05, 0.1) is 0 Å². The molecular weight excluding hydrogens is 308 g/mol. The Morgan fingerprint density at radius 3 is 2.71 bits per heavy atom. The van der Waals surface area contributed by atoms with Crippen LogP contribution >= 0.6 is 0 Å². The molecule has 0 saturated heterocycles. The minimum Gasteiger partial charge on any atom is -0.482 e. The highest BCUT2D eigenvalue weighted by Crippen LogP contribution is 2.22. The van der Waals surface area contributed by atoms with E-state index < -0.39 is 18.5 Å². The second-order valence-electron chi connectivity index (χ2n) is 5.34. The largest absolute Gasteiger partial charge is 0.482 e. The van der Waals surface area contributed by atoms with Crippen molar-refractivity contribution in [2.75, 3.05) is 6.61 Å². The van der Waals surface area contributed by atoms with E-state index in [0.29, 0.717) is 17.7 Å². The van der Waals surface area contributed by atoms with Gasteiger partial charge in [-0.3, -0.25) is 4.79 Å². The zero-order chi connectivity index (χ0) is 18.1. The van der Waals surface area contributed by atoms with Crippen LogP contribution in [-0.2, 0) is 16.0 Å². The van der Waals surface area contributed by atoms with Crippen LogP contribution in [0.15, 0.2) is 36.4 Å². The minimum absolute atomic E-state index is 0.00698. The number of carboxylic acid groups (broad SMARTS) is 1. The van der Waals surface area contributed by atoms with E-state index in [0.717, 1.165) is 5.56 Å². The zero-order valence-electron chi connectivity index (χ0n) is 13.7. The summed E-state index contributed by atoms with van der Waals surface area (Å²) in [7, 11) is 0. The number of hydrogen-bond donors (Lipinski definition) is 2. The number of nitrogens with one attached hydrogen (secondary N) is 1. The van der Waals surface area contributed by atoms with E-state index in [2.05, 4.69) is 11.9 Å². The Morgan fingerprint density at radius 1 is 1.46 bits per heavy atom. The molecule has 0 aliphatic carbocycles. The molecule has 1 amide bonds. The molecule has 0 unspecified atom stereocenters. The van der Waals surface area contributed by atoms with Crippen LogP contribution in [0.3, 0.4) is 0 Å². The van der Waals surface area contributed by atoms with Crippen molar-refractivity contribution >= 4 is 18.0 Å². The predicted octanol–water partition coefficient (Wildman–Crippen LogP) is 2.31. The van der Waals surface area contributed by atoms with Crippen LogP contribution in [0.25, 0.3) is 6.08 Å². The number of carbonyl (C=O) groups is 2. The van der Waals surface area contributed by atoms with Gasteiger partial charge in [0.2, 0.25) is 0 Å². The maximum Gasteiger partial charge on any atom is 0.341 e. The first kappa shape index (κ1) is 19.0. The van der Waals surface area contributed by atoms with E-state index in [9.17, 15) is 9.59 Å². The summed E-state index contributed by atoms with van der Waals surface area (Å²) in [6.45, 7) is 6.83. The van der Waals surface area contributed by atoms with Crippen LogP contribution in [0.5, 0.6) is 5.75 Å². The third kappa shape index (κ3) is 5.97. The van der Waals surface area contributed by atoms with Crippen molar-refractivity contribution in [2.24, 2.45) is 0 Å². The van der Waals surface area contributed by atoms with Crippen LogP contribution in [-0.4, -0.2) is 29.6 Å². The van der Waals surface area contributed by atoms with Gasteiger partial charge in [0.1, 0.15) is 17.4 Å². The molecule has 0 fully saturated rings. The maximum absolute atomic E-state index is 11.9.